The molecule has 90 valence electrons. The van der Waals surface area contributed by atoms with Gasteiger partial charge >= 0.3 is 0 Å². The molecule has 1 nitrogen and oxygen atoms in total. The van der Waals surface area contributed by atoms with Gasteiger partial charge in [-0.25, -0.2) is 0 Å². The van der Waals surface area contributed by atoms with Crippen molar-refractivity contribution in [1.29, 1.82) is 0 Å². The van der Waals surface area contributed by atoms with Crippen LogP contribution in [0.3, 0.4) is 0 Å². The zero-order valence-electron chi connectivity index (χ0n) is 10.7. The Balaban J connectivity index is 2.27. The molecule has 3 rings (SSSR count). The van der Waals surface area contributed by atoms with Crippen LogP contribution in [0.2, 0.25) is 0 Å². The number of benzene rings is 2. The first-order chi connectivity index (χ1) is 8.65. The van der Waals surface area contributed by atoms with Crippen molar-refractivity contribution < 1.29 is 4.79 Å². The monoisotopic (exact) mass is 236 g/mol. The molecule has 0 N–H and O–H groups in total. The summed E-state index contributed by atoms with van der Waals surface area (Å²) in [5, 5.41) is 0. The van der Waals surface area contributed by atoms with Crippen LogP contribution in [0.25, 0.3) is 0 Å². The normalized spacial score (nSPS) is 26.1. The van der Waals surface area contributed by atoms with Crippen molar-refractivity contribution in [2.45, 2.75) is 25.2 Å². The van der Waals surface area contributed by atoms with Gasteiger partial charge in [0.25, 0.3) is 0 Å². The van der Waals surface area contributed by atoms with E-state index in [1.54, 1.807) is 0 Å². The van der Waals surface area contributed by atoms with E-state index in [0.29, 0.717) is 5.78 Å². The third-order valence-corrected chi connectivity index (χ3v) is 4.20. The van der Waals surface area contributed by atoms with E-state index in [9.17, 15) is 4.79 Å². The highest BCUT2D eigenvalue weighted by Crippen LogP contribution is 2.46. The molecule has 2 aromatic rings. The number of rotatable bonds is 1. The largest absolute Gasteiger partial charge is 0.298 e. The van der Waals surface area contributed by atoms with Crippen molar-refractivity contribution in [2.75, 3.05) is 0 Å². The summed E-state index contributed by atoms with van der Waals surface area (Å²) in [6.07, 6.45) is 0. The van der Waals surface area contributed by atoms with Crippen LogP contribution in [-0.4, -0.2) is 5.78 Å². The molecule has 0 saturated heterocycles. The van der Waals surface area contributed by atoms with E-state index in [4.69, 9.17) is 0 Å². The average molecular weight is 236 g/mol. The predicted octanol–water partition coefficient (Wildman–Crippen LogP) is 3.68. The number of carbonyl (C=O) groups excluding carboxylic acids is 1. The molecule has 2 atom stereocenters. The summed E-state index contributed by atoms with van der Waals surface area (Å²) in [7, 11) is 0. The summed E-state index contributed by atoms with van der Waals surface area (Å²) in [5.41, 5.74) is 2.94. The van der Waals surface area contributed by atoms with E-state index in [-0.39, 0.29) is 5.92 Å². The molecule has 0 aliphatic heterocycles. The van der Waals surface area contributed by atoms with Crippen LogP contribution in [0.4, 0.5) is 0 Å². The maximum Gasteiger partial charge on any atom is 0.154 e. The molecule has 1 aliphatic rings. The number of fused-ring (bicyclic) bond motifs is 1. The molecule has 0 saturated carbocycles. The van der Waals surface area contributed by atoms with Crippen LogP contribution in [-0.2, 0) is 10.2 Å². The van der Waals surface area contributed by atoms with E-state index in [2.05, 4.69) is 12.1 Å². The van der Waals surface area contributed by atoms with Crippen molar-refractivity contribution in [3.8, 4) is 0 Å². The van der Waals surface area contributed by atoms with Crippen LogP contribution in [0.5, 0.6) is 0 Å². The van der Waals surface area contributed by atoms with E-state index >= 15 is 0 Å². The summed E-state index contributed by atoms with van der Waals surface area (Å²) in [6, 6.07) is 18.3. The van der Waals surface area contributed by atoms with Gasteiger partial charge in [-0.3, -0.25) is 4.79 Å². The highest BCUT2D eigenvalue weighted by molar-refractivity contribution is 6.02. The van der Waals surface area contributed by atoms with Gasteiger partial charge in [-0.05, 0) is 23.6 Å². The maximum atomic E-state index is 12.7. The van der Waals surface area contributed by atoms with Gasteiger partial charge in [0.1, 0.15) is 0 Å². The minimum Gasteiger partial charge on any atom is -0.298 e. The van der Waals surface area contributed by atoms with Gasteiger partial charge in [0.05, 0.1) is 5.41 Å². The highest BCUT2D eigenvalue weighted by Gasteiger charge is 2.47. The summed E-state index contributed by atoms with van der Waals surface area (Å²) < 4.78 is 0. The van der Waals surface area contributed by atoms with Crippen LogP contribution in [0.15, 0.2) is 54.6 Å². The summed E-state index contributed by atoms with van der Waals surface area (Å²) >= 11 is 0. The third kappa shape index (κ3) is 1.30. The Bertz CT molecular complexity index is 600. The number of Topliss-reactive ketones (excluding diaryl/α,β-unsaturated/α-hetero) is 1. The fourth-order valence-corrected chi connectivity index (χ4v) is 3.11. The molecule has 1 heteroatoms. The van der Waals surface area contributed by atoms with Gasteiger partial charge in [0.2, 0.25) is 0 Å². The van der Waals surface area contributed by atoms with Crippen molar-refractivity contribution >= 4 is 5.78 Å². The maximum absolute atomic E-state index is 12.7. The van der Waals surface area contributed by atoms with Crippen molar-refractivity contribution in [3.63, 3.8) is 0 Å². The van der Waals surface area contributed by atoms with Crippen molar-refractivity contribution in [1.82, 2.24) is 0 Å². The van der Waals surface area contributed by atoms with Crippen LogP contribution >= 0.6 is 0 Å². The van der Waals surface area contributed by atoms with Gasteiger partial charge in [0.15, 0.2) is 5.78 Å². The lowest BCUT2D eigenvalue weighted by Crippen LogP contribution is -2.30. The van der Waals surface area contributed by atoms with E-state index in [1.165, 1.54) is 5.56 Å². The highest BCUT2D eigenvalue weighted by atomic mass is 16.1. The Hall–Kier alpha value is -1.89. The number of hydrogen-bond acceptors (Lipinski definition) is 1. The first-order valence-electron chi connectivity index (χ1n) is 6.35. The molecular weight excluding hydrogens is 220 g/mol. The quantitative estimate of drug-likeness (QED) is 0.738. The third-order valence-electron chi connectivity index (χ3n) is 4.20. The van der Waals surface area contributed by atoms with Gasteiger partial charge in [0, 0.05) is 5.92 Å². The zero-order chi connectivity index (χ0) is 12.8. The fourth-order valence-electron chi connectivity index (χ4n) is 3.11. The van der Waals surface area contributed by atoms with Crippen molar-refractivity contribution in [3.05, 3.63) is 71.3 Å². The number of carbonyl (C=O) groups is 1. The molecule has 18 heavy (non-hydrogen) atoms. The second kappa shape index (κ2) is 3.81. The van der Waals surface area contributed by atoms with Crippen molar-refractivity contribution in [2.24, 2.45) is 0 Å². The first kappa shape index (κ1) is 11.2. The zero-order valence-corrected chi connectivity index (χ0v) is 10.7. The molecule has 0 aromatic heterocycles. The molecule has 1 unspecified atom stereocenters. The summed E-state index contributed by atoms with van der Waals surface area (Å²) in [5.74, 6) is 0.293. The Morgan fingerprint density at radius 2 is 1.56 bits per heavy atom. The molecular formula is C17H16O. The van der Waals surface area contributed by atoms with Gasteiger partial charge in [-0.1, -0.05) is 61.5 Å². The Labute approximate surface area is 107 Å². The van der Waals surface area contributed by atoms with E-state index in [1.807, 2.05) is 56.3 Å². The SMILES string of the molecule is CC1C(=O)[C@](C)(c2ccccc2)c2ccccc21. The summed E-state index contributed by atoms with van der Waals surface area (Å²) in [4.78, 5) is 12.7. The van der Waals surface area contributed by atoms with E-state index < -0.39 is 5.41 Å². The number of ketones is 1. The minimum absolute atomic E-state index is 0.00796. The number of hydrogen-bond donors (Lipinski definition) is 0. The lowest BCUT2D eigenvalue weighted by atomic mass is 9.76. The van der Waals surface area contributed by atoms with E-state index in [0.717, 1.165) is 11.1 Å². The second-order valence-corrected chi connectivity index (χ2v) is 5.16. The molecule has 0 bridgehead atoms. The fraction of sp³-hybridized carbons (Fsp3) is 0.235. The topological polar surface area (TPSA) is 17.1 Å². The minimum atomic E-state index is -0.489. The molecule has 0 fully saturated rings. The predicted molar refractivity (Wildman–Crippen MR) is 72.8 cm³/mol. The van der Waals surface area contributed by atoms with Crippen LogP contribution in [0.1, 0.15) is 36.5 Å². The van der Waals surface area contributed by atoms with Crippen LogP contribution < -0.4 is 0 Å². The molecule has 0 heterocycles. The average Bonchev–Trinajstić information content (AvgIpc) is 2.64. The Morgan fingerprint density at radius 1 is 0.944 bits per heavy atom. The molecule has 0 spiro atoms. The van der Waals surface area contributed by atoms with Gasteiger partial charge < -0.3 is 0 Å². The lowest BCUT2D eigenvalue weighted by molar-refractivity contribution is -0.122. The first-order valence-corrected chi connectivity index (χ1v) is 6.35. The molecule has 2 aromatic carbocycles. The van der Waals surface area contributed by atoms with Gasteiger partial charge in [-0.15, -0.1) is 0 Å². The molecule has 0 amide bonds. The lowest BCUT2D eigenvalue weighted by Gasteiger charge is -2.24. The summed E-state index contributed by atoms with van der Waals surface area (Å²) in [6.45, 7) is 4.06. The Kier molecular flexibility index (Phi) is 2.37. The van der Waals surface area contributed by atoms with Gasteiger partial charge in [-0.2, -0.15) is 0 Å². The standard InChI is InChI=1S/C17H16O/c1-12-14-10-6-7-11-15(14)17(2,16(12)18)13-8-4-3-5-9-13/h3-12H,1-2H3/t12?,17-/m1/s1. The second-order valence-electron chi connectivity index (χ2n) is 5.16. The molecule has 0 radical (unpaired) electrons. The Morgan fingerprint density at radius 3 is 2.28 bits per heavy atom. The van der Waals surface area contributed by atoms with Crippen LogP contribution in [0, 0.1) is 0 Å². The molecule has 1 aliphatic carbocycles. The smallest absolute Gasteiger partial charge is 0.154 e.